The van der Waals surface area contributed by atoms with Crippen molar-refractivity contribution in [3.05, 3.63) is 23.8 Å². The second kappa shape index (κ2) is 4.78. The molecular formula is C10H12N2S. The van der Waals surface area contributed by atoms with Crippen LogP contribution in [0.25, 0.3) is 0 Å². The highest BCUT2D eigenvalue weighted by molar-refractivity contribution is 7.80. The lowest BCUT2D eigenvalue weighted by molar-refractivity contribution is 0.848. The van der Waals surface area contributed by atoms with Crippen molar-refractivity contribution in [2.24, 2.45) is 0 Å². The second-order valence-electron chi connectivity index (χ2n) is 2.90. The van der Waals surface area contributed by atoms with Crippen molar-refractivity contribution >= 4 is 18.3 Å². The molecule has 0 aliphatic heterocycles. The highest BCUT2D eigenvalue weighted by atomic mass is 32.1. The minimum absolute atomic E-state index is 0.603. The third-order valence-corrected chi connectivity index (χ3v) is 2.24. The average molecular weight is 192 g/mol. The van der Waals surface area contributed by atoms with Gasteiger partial charge < -0.3 is 5.73 Å². The smallest absolute Gasteiger partial charge is 0.0621 e. The van der Waals surface area contributed by atoms with E-state index < -0.39 is 0 Å². The van der Waals surface area contributed by atoms with E-state index in [9.17, 15) is 0 Å². The zero-order valence-electron chi connectivity index (χ0n) is 7.33. The van der Waals surface area contributed by atoms with Gasteiger partial charge in [-0.25, -0.2) is 0 Å². The fourth-order valence-corrected chi connectivity index (χ4v) is 1.36. The molecule has 0 unspecified atom stereocenters. The van der Waals surface area contributed by atoms with Gasteiger partial charge in [0.15, 0.2) is 0 Å². The molecule has 0 saturated heterocycles. The molecule has 0 aromatic heterocycles. The maximum Gasteiger partial charge on any atom is 0.0621 e. The first-order valence-corrected chi connectivity index (χ1v) is 4.63. The summed E-state index contributed by atoms with van der Waals surface area (Å²) in [5.74, 6) is 0. The number of aryl methyl sites for hydroxylation is 1. The van der Waals surface area contributed by atoms with Crippen molar-refractivity contribution < 1.29 is 0 Å². The number of rotatable bonds is 3. The van der Waals surface area contributed by atoms with E-state index in [-0.39, 0.29) is 0 Å². The molecule has 1 rings (SSSR count). The summed E-state index contributed by atoms with van der Waals surface area (Å²) in [5, 5.41) is 8.36. The number of nitriles is 1. The summed E-state index contributed by atoms with van der Waals surface area (Å²) in [5.41, 5.74) is 7.51. The van der Waals surface area contributed by atoms with E-state index in [1.54, 1.807) is 0 Å². The third-order valence-electron chi connectivity index (χ3n) is 1.85. The Kier molecular flexibility index (Phi) is 3.66. The monoisotopic (exact) mass is 192 g/mol. The van der Waals surface area contributed by atoms with Gasteiger partial charge in [-0.05, 0) is 30.5 Å². The highest BCUT2D eigenvalue weighted by Crippen LogP contribution is 2.18. The van der Waals surface area contributed by atoms with Crippen LogP contribution >= 0.6 is 12.6 Å². The summed E-state index contributed by atoms with van der Waals surface area (Å²) in [4.78, 5) is 0.814. The minimum Gasteiger partial charge on any atom is -0.398 e. The molecular weight excluding hydrogens is 180 g/mol. The van der Waals surface area contributed by atoms with Gasteiger partial charge in [0.2, 0.25) is 0 Å². The van der Waals surface area contributed by atoms with E-state index >= 15 is 0 Å². The summed E-state index contributed by atoms with van der Waals surface area (Å²) in [6, 6.07) is 7.90. The number of hydrogen-bond acceptors (Lipinski definition) is 3. The molecule has 0 amide bonds. The third kappa shape index (κ3) is 3.00. The van der Waals surface area contributed by atoms with Gasteiger partial charge in [-0.3, -0.25) is 0 Å². The molecule has 0 fully saturated rings. The average Bonchev–Trinajstić information content (AvgIpc) is 2.12. The van der Waals surface area contributed by atoms with Crippen LogP contribution in [0.15, 0.2) is 23.1 Å². The Balaban J connectivity index is 2.59. The summed E-state index contributed by atoms with van der Waals surface area (Å²) < 4.78 is 0. The SMILES string of the molecule is N#CCCCc1ccc(N)c(S)c1. The van der Waals surface area contributed by atoms with Crippen LogP contribution in [-0.4, -0.2) is 0 Å². The van der Waals surface area contributed by atoms with E-state index in [4.69, 9.17) is 11.0 Å². The molecule has 0 radical (unpaired) electrons. The predicted molar refractivity (Wildman–Crippen MR) is 56.7 cm³/mol. The first-order chi connectivity index (χ1) is 6.24. The normalized spacial score (nSPS) is 9.54. The number of nitrogen functional groups attached to an aromatic ring is 1. The fraction of sp³-hybridized carbons (Fsp3) is 0.300. The summed E-state index contributed by atoms with van der Waals surface area (Å²) in [6.07, 6.45) is 2.42. The molecule has 0 heterocycles. The molecule has 0 spiro atoms. The van der Waals surface area contributed by atoms with Gasteiger partial charge in [0, 0.05) is 17.0 Å². The highest BCUT2D eigenvalue weighted by Gasteiger charge is 1.97. The van der Waals surface area contributed by atoms with E-state index in [0.717, 1.165) is 17.7 Å². The molecule has 0 aliphatic rings. The lowest BCUT2D eigenvalue weighted by Gasteiger charge is -2.02. The zero-order valence-corrected chi connectivity index (χ0v) is 8.22. The molecule has 0 aliphatic carbocycles. The number of benzene rings is 1. The summed E-state index contributed by atoms with van der Waals surface area (Å²) in [7, 11) is 0. The predicted octanol–water partition coefficient (Wildman–Crippen LogP) is 2.40. The number of unbranched alkanes of at least 4 members (excludes halogenated alkanes) is 1. The lowest BCUT2D eigenvalue weighted by atomic mass is 10.1. The Hall–Kier alpha value is -1.14. The first-order valence-electron chi connectivity index (χ1n) is 4.18. The molecule has 1 aromatic rings. The van der Waals surface area contributed by atoms with Crippen LogP contribution in [0.3, 0.4) is 0 Å². The second-order valence-corrected chi connectivity index (χ2v) is 3.39. The van der Waals surface area contributed by atoms with E-state index in [1.165, 1.54) is 5.56 Å². The Morgan fingerprint density at radius 3 is 2.85 bits per heavy atom. The van der Waals surface area contributed by atoms with Crippen molar-refractivity contribution in [1.29, 1.82) is 5.26 Å². The summed E-state index contributed by atoms with van der Waals surface area (Å²) in [6.45, 7) is 0. The van der Waals surface area contributed by atoms with Gasteiger partial charge in [-0.15, -0.1) is 12.6 Å². The number of hydrogen-bond donors (Lipinski definition) is 2. The molecule has 13 heavy (non-hydrogen) atoms. The number of thiol groups is 1. The summed E-state index contributed by atoms with van der Waals surface area (Å²) >= 11 is 4.22. The Morgan fingerprint density at radius 1 is 1.46 bits per heavy atom. The van der Waals surface area contributed by atoms with E-state index in [1.807, 2.05) is 18.2 Å². The van der Waals surface area contributed by atoms with E-state index in [0.29, 0.717) is 12.1 Å². The number of nitrogens with zero attached hydrogens (tertiary/aromatic N) is 1. The van der Waals surface area contributed by atoms with Crippen LogP contribution < -0.4 is 5.73 Å². The Bertz CT molecular complexity index is 328. The molecule has 2 nitrogen and oxygen atoms in total. The lowest BCUT2D eigenvalue weighted by Crippen LogP contribution is -1.90. The van der Waals surface area contributed by atoms with Gasteiger partial charge in [-0.2, -0.15) is 5.26 Å². The van der Waals surface area contributed by atoms with Crippen LogP contribution in [-0.2, 0) is 6.42 Å². The van der Waals surface area contributed by atoms with Gasteiger partial charge in [0.1, 0.15) is 0 Å². The molecule has 0 saturated carbocycles. The van der Waals surface area contributed by atoms with Gasteiger partial charge in [0.25, 0.3) is 0 Å². The van der Waals surface area contributed by atoms with Crippen molar-refractivity contribution in [1.82, 2.24) is 0 Å². The zero-order chi connectivity index (χ0) is 9.68. The van der Waals surface area contributed by atoms with Crippen molar-refractivity contribution in [2.45, 2.75) is 24.2 Å². The van der Waals surface area contributed by atoms with Crippen LogP contribution in [0, 0.1) is 11.3 Å². The van der Waals surface area contributed by atoms with Crippen molar-refractivity contribution in [2.75, 3.05) is 5.73 Å². The fourth-order valence-electron chi connectivity index (χ4n) is 1.12. The quantitative estimate of drug-likeness (QED) is 0.439. The number of anilines is 1. The maximum absolute atomic E-state index is 8.36. The Labute approximate surface area is 83.8 Å². The molecule has 2 N–H and O–H groups in total. The topological polar surface area (TPSA) is 49.8 Å². The van der Waals surface area contributed by atoms with E-state index in [2.05, 4.69) is 18.7 Å². The van der Waals surface area contributed by atoms with Crippen LogP contribution in [0.2, 0.25) is 0 Å². The molecule has 1 aromatic carbocycles. The van der Waals surface area contributed by atoms with Crippen molar-refractivity contribution in [3.63, 3.8) is 0 Å². The largest absolute Gasteiger partial charge is 0.398 e. The molecule has 3 heteroatoms. The molecule has 0 atom stereocenters. The standard InChI is InChI=1S/C10H12N2S/c11-6-2-1-3-8-4-5-9(12)10(13)7-8/h4-5,7,13H,1-3,12H2. The first kappa shape index (κ1) is 9.94. The van der Waals surface area contributed by atoms with Crippen LogP contribution in [0.4, 0.5) is 5.69 Å². The van der Waals surface area contributed by atoms with Crippen LogP contribution in [0.1, 0.15) is 18.4 Å². The van der Waals surface area contributed by atoms with Crippen molar-refractivity contribution in [3.8, 4) is 6.07 Å². The number of nitrogens with two attached hydrogens (primary N) is 1. The Morgan fingerprint density at radius 2 is 2.23 bits per heavy atom. The van der Waals surface area contributed by atoms with Gasteiger partial charge >= 0.3 is 0 Å². The van der Waals surface area contributed by atoms with Gasteiger partial charge in [-0.1, -0.05) is 6.07 Å². The van der Waals surface area contributed by atoms with Gasteiger partial charge in [0.05, 0.1) is 6.07 Å². The molecule has 68 valence electrons. The minimum atomic E-state index is 0.603. The van der Waals surface area contributed by atoms with Crippen LogP contribution in [0.5, 0.6) is 0 Å². The molecule has 0 bridgehead atoms. The maximum atomic E-state index is 8.36.